The number of carbonyl (C=O) groups excluding carboxylic acids is 2. The molecule has 8 heteroatoms. The number of rotatable bonds is 5. The number of nitrogens with one attached hydrogen (secondary N) is 1. The predicted octanol–water partition coefficient (Wildman–Crippen LogP) is 4.53. The summed E-state index contributed by atoms with van der Waals surface area (Å²) in [5, 5.41) is 2.59. The molecule has 0 saturated carbocycles. The zero-order valence-electron chi connectivity index (χ0n) is 14.3. The summed E-state index contributed by atoms with van der Waals surface area (Å²) in [7, 11) is 0. The van der Waals surface area contributed by atoms with E-state index in [9.17, 15) is 14.0 Å². The van der Waals surface area contributed by atoms with Gasteiger partial charge in [-0.3, -0.25) is 9.69 Å². The molecule has 0 aromatic heterocycles. The SMILES string of the molecule is CCN1C(=O)N/C(=C/c2cc(I)c(OCc3ccc(F)cc3)c(I)c2)C1=O. The number of ether oxygens (including phenoxy) is 1. The van der Waals surface area contributed by atoms with Crippen molar-refractivity contribution >= 4 is 63.2 Å². The molecule has 3 amide bonds. The number of benzene rings is 2. The molecule has 0 bridgehead atoms. The van der Waals surface area contributed by atoms with Crippen molar-refractivity contribution in [3.05, 3.63) is 66.2 Å². The predicted molar refractivity (Wildman–Crippen MR) is 117 cm³/mol. The van der Waals surface area contributed by atoms with Gasteiger partial charge < -0.3 is 10.1 Å². The molecule has 0 radical (unpaired) electrons. The van der Waals surface area contributed by atoms with Crippen LogP contribution >= 0.6 is 45.2 Å². The lowest BCUT2D eigenvalue weighted by Gasteiger charge is -2.12. The molecule has 2 aromatic rings. The van der Waals surface area contributed by atoms with Crippen molar-refractivity contribution in [2.75, 3.05) is 6.54 Å². The summed E-state index contributed by atoms with van der Waals surface area (Å²) in [6.07, 6.45) is 1.66. The quantitative estimate of drug-likeness (QED) is 0.316. The first-order chi connectivity index (χ1) is 12.9. The Labute approximate surface area is 183 Å². The Balaban J connectivity index is 1.79. The Hall–Kier alpha value is -1.69. The average Bonchev–Trinajstić information content (AvgIpc) is 2.88. The van der Waals surface area contributed by atoms with E-state index in [0.717, 1.165) is 28.9 Å². The van der Waals surface area contributed by atoms with Gasteiger partial charge in [-0.2, -0.15) is 0 Å². The number of amides is 3. The highest BCUT2D eigenvalue weighted by Crippen LogP contribution is 2.30. The van der Waals surface area contributed by atoms with Crippen molar-refractivity contribution in [2.45, 2.75) is 13.5 Å². The van der Waals surface area contributed by atoms with Gasteiger partial charge in [0.1, 0.15) is 23.9 Å². The highest BCUT2D eigenvalue weighted by molar-refractivity contribution is 14.1. The van der Waals surface area contributed by atoms with Gasteiger partial charge in [-0.25, -0.2) is 9.18 Å². The third-order valence-corrected chi connectivity index (χ3v) is 5.51. The summed E-state index contributed by atoms with van der Waals surface area (Å²) in [5.41, 5.74) is 1.92. The van der Waals surface area contributed by atoms with E-state index in [1.807, 2.05) is 12.1 Å². The lowest BCUT2D eigenvalue weighted by molar-refractivity contribution is -0.122. The molecule has 140 valence electrons. The van der Waals surface area contributed by atoms with Gasteiger partial charge in [-0.15, -0.1) is 0 Å². The maximum Gasteiger partial charge on any atom is 0.328 e. The molecule has 1 aliphatic heterocycles. The lowest BCUT2D eigenvalue weighted by Crippen LogP contribution is -2.30. The number of halogens is 3. The van der Waals surface area contributed by atoms with Crippen LogP contribution in [0.25, 0.3) is 6.08 Å². The van der Waals surface area contributed by atoms with Crippen LogP contribution < -0.4 is 10.1 Å². The summed E-state index contributed by atoms with van der Waals surface area (Å²) in [6, 6.07) is 9.52. The van der Waals surface area contributed by atoms with Crippen molar-refractivity contribution in [2.24, 2.45) is 0 Å². The highest BCUT2D eigenvalue weighted by Gasteiger charge is 2.32. The number of hydrogen-bond acceptors (Lipinski definition) is 3. The molecule has 0 aliphatic carbocycles. The van der Waals surface area contributed by atoms with E-state index < -0.39 is 6.03 Å². The van der Waals surface area contributed by atoms with E-state index in [-0.39, 0.29) is 17.4 Å². The van der Waals surface area contributed by atoms with E-state index in [1.54, 1.807) is 25.1 Å². The van der Waals surface area contributed by atoms with Crippen molar-refractivity contribution in [3.8, 4) is 5.75 Å². The van der Waals surface area contributed by atoms with E-state index in [0.29, 0.717) is 13.2 Å². The zero-order valence-corrected chi connectivity index (χ0v) is 18.6. The fourth-order valence-electron chi connectivity index (χ4n) is 2.56. The van der Waals surface area contributed by atoms with Crippen LogP contribution in [0.1, 0.15) is 18.1 Å². The summed E-state index contributed by atoms with van der Waals surface area (Å²) in [6.45, 7) is 2.40. The molecular weight excluding hydrogens is 577 g/mol. The first-order valence-electron chi connectivity index (χ1n) is 8.10. The van der Waals surface area contributed by atoms with Crippen LogP contribution in [-0.2, 0) is 11.4 Å². The molecule has 0 atom stereocenters. The van der Waals surface area contributed by atoms with Gasteiger partial charge in [0.15, 0.2) is 0 Å². The largest absolute Gasteiger partial charge is 0.487 e. The van der Waals surface area contributed by atoms with Crippen molar-refractivity contribution < 1.29 is 18.7 Å². The van der Waals surface area contributed by atoms with Gasteiger partial charge in [-0.05, 0) is 93.6 Å². The topological polar surface area (TPSA) is 58.6 Å². The second-order valence-electron chi connectivity index (χ2n) is 5.77. The number of nitrogens with zero attached hydrogens (tertiary/aromatic N) is 1. The highest BCUT2D eigenvalue weighted by atomic mass is 127. The van der Waals surface area contributed by atoms with Gasteiger partial charge in [0.25, 0.3) is 5.91 Å². The van der Waals surface area contributed by atoms with Crippen molar-refractivity contribution in [3.63, 3.8) is 0 Å². The molecule has 3 rings (SSSR count). The lowest BCUT2D eigenvalue weighted by atomic mass is 10.2. The minimum Gasteiger partial charge on any atom is -0.487 e. The van der Waals surface area contributed by atoms with E-state index in [2.05, 4.69) is 50.5 Å². The van der Waals surface area contributed by atoms with Gasteiger partial charge in [0.05, 0.1) is 7.14 Å². The Morgan fingerprint density at radius 3 is 2.33 bits per heavy atom. The van der Waals surface area contributed by atoms with Crippen LogP contribution in [0, 0.1) is 13.0 Å². The minimum atomic E-state index is -0.405. The van der Waals surface area contributed by atoms with Crippen LogP contribution in [0.3, 0.4) is 0 Å². The molecular formula is C19H15FI2N2O3. The Morgan fingerprint density at radius 2 is 1.78 bits per heavy atom. The molecule has 2 aromatic carbocycles. The maximum atomic E-state index is 13.0. The minimum absolute atomic E-state index is 0.258. The molecule has 0 unspecified atom stereocenters. The van der Waals surface area contributed by atoms with Crippen LogP contribution in [0.15, 0.2) is 42.1 Å². The monoisotopic (exact) mass is 592 g/mol. The number of carbonyl (C=O) groups is 2. The fourth-order valence-corrected chi connectivity index (χ4v) is 4.69. The summed E-state index contributed by atoms with van der Waals surface area (Å²) >= 11 is 4.33. The fraction of sp³-hybridized carbons (Fsp3) is 0.158. The number of hydrogen-bond donors (Lipinski definition) is 1. The van der Waals surface area contributed by atoms with Gasteiger partial charge in [0, 0.05) is 6.54 Å². The number of urea groups is 1. The standard InChI is InChI=1S/C19H15FI2N2O3/c1-2-24-18(25)16(23-19(24)26)9-12-7-14(21)17(15(22)8-12)27-10-11-3-5-13(20)6-4-11/h3-9H,2,10H2,1H3,(H,23,26)/b16-9+. The van der Waals surface area contributed by atoms with Crippen LogP contribution in [0.5, 0.6) is 5.75 Å². The summed E-state index contributed by atoms with van der Waals surface area (Å²) < 4.78 is 20.6. The number of likely N-dealkylation sites (N-methyl/N-ethyl adjacent to an activating group) is 1. The van der Waals surface area contributed by atoms with E-state index in [1.165, 1.54) is 12.1 Å². The molecule has 1 fully saturated rings. The first-order valence-corrected chi connectivity index (χ1v) is 10.3. The Bertz CT molecular complexity index is 906. The molecule has 27 heavy (non-hydrogen) atoms. The zero-order chi connectivity index (χ0) is 19.6. The van der Waals surface area contributed by atoms with Gasteiger partial charge in [-0.1, -0.05) is 12.1 Å². The summed E-state index contributed by atoms with van der Waals surface area (Å²) in [5.74, 6) is 0.110. The van der Waals surface area contributed by atoms with Crippen LogP contribution in [0.2, 0.25) is 0 Å². The molecule has 1 N–H and O–H groups in total. The Kier molecular flexibility index (Phi) is 6.35. The molecule has 1 aliphatic rings. The second-order valence-corrected chi connectivity index (χ2v) is 8.09. The van der Waals surface area contributed by atoms with Crippen LogP contribution in [0.4, 0.5) is 9.18 Å². The normalized spacial score (nSPS) is 15.4. The van der Waals surface area contributed by atoms with Crippen molar-refractivity contribution in [1.82, 2.24) is 10.2 Å². The molecule has 1 heterocycles. The van der Waals surface area contributed by atoms with Gasteiger partial charge >= 0.3 is 6.03 Å². The van der Waals surface area contributed by atoms with E-state index >= 15 is 0 Å². The first kappa shape index (κ1) is 20.1. The van der Waals surface area contributed by atoms with Crippen molar-refractivity contribution in [1.29, 1.82) is 0 Å². The summed E-state index contributed by atoms with van der Waals surface area (Å²) in [4.78, 5) is 25.1. The number of imide groups is 1. The second kappa shape index (κ2) is 8.55. The molecule has 0 spiro atoms. The molecule has 5 nitrogen and oxygen atoms in total. The molecule has 1 saturated heterocycles. The van der Waals surface area contributed by atoms with Gasteiger partial charge in [0.2, 0.25) is 0 Å². The smallest absolute Gasteiger partial charge is 0.328 e. The third-order valence-electron chi connectivity index (χ3n) is 3.91. The average molecular weight is 592 g/mol. The third kappa shape index (κ3) is 4.60. The Morgan fingerprint density at radius 1 is 1.15 bits per heavy atom. The van der Waals surface area contributed by atoms with Crippen LogP contribution in [-0.4, -0.2) is 23.4 Å². The maximum absolute atomic E-state index is 13.0. The van der Waals surface area contributed by atoms with E-state index in [4.69, 9.17) is 4.74 Å².